The summed E-state index contributed by atoms with van der Waals surface area (Å²) in [4.78, 5) is 0. The van der Waals surface area contributed by atoms with Crippen LogP contribution in [0.2, 0.25) is 0 Å². The standard InChI is InChI=1S/C16H17BO5S/c1-2-23(19,20)11-16-14-9-8-13(10-15(14)17(18)22-16)21-12-6-4-3-5-7-12/h3-10,16,18H,2,11H2,1H3. The van der Waals surface area contributed by atoms with Gasteiger partial charge in [0, 0.05) is 5.75 Å². The van der Waals surface area contributed by atoms with Gasteiger partial charge in [0.25, 0.3) is 0 Å². The summed E-state index contributed by atoms with van der Waals surface area (Å²) in [6.07, 6.45) is -0.643. The van der Waals surface area contributed by atoms with Crippen LogP contribution in [0.15, 0.2) is 48.5 Å². The molecule has 1 unspecified atom stereocenters. The number of fused-ring (bicyclic) bond motifs is 1. The van der Waals surface area contributed by atoms with Crippen LogP contribution < -0.4 is 10.2 Å². The van der Waals surface area contributed by atoms with Crippen LogP contribution in [0, 0.1) is 0 Å². The summed E-state index contributed by atoms with van der Waals surface area (Å²) in [6.45, 7) is 1.60. The van der Waals surface area contributed by atoms with Crippen molar-refractivity contribution in [2.45, 2.75) is 13.0 Å². The van der Waals surface area contributed by atoms with E-state index in [0.717, 1.165) is 0 Å². The predicted octanol–water partition coefficient (Wildman–Crippen LogP) is 1.67. The zero-order valence-electron chi connectivity index (χ0n) is 12.7. The average molecular weight is 332 g/mol. The zero-order chi connectivity index (χ0) is 16.4. The molecule has 120 valence electrons. The Morgan fingerprint density at radius 2 is 1.91 bits per heavy atom. The normalized spacial score (nSPS) is 17.1. The Kier molecular flexibility index (Phi) is 4.43. The highest BCUT2D eigenvalue weighted by Crippen LogP contribution is 2.29. The Labute approximate surface area is 135 Å². The molecule has 7 heteroatoms. The Hall–Kier alpha value is -1.83. The summed E-state index contributed by atoms with van der Waals surface area (Å²) in [7, 11) is -4.33. The summed E-state index contributed by atoms with van der Waals surface area (Å²) < 4.78 is 34.7. The topological polar surface area (TPSA) is 72.8 Å². The van der Waals surface area contributed by atoms with Gasteiger partial charge in [-0.1, -0.05) is 31.2 Å². The third-order valence-corrected chi connectivity index (χ3v) is 5.48. The molecular formula is C16H17BO5S. The summed E-state index contributed by atoms with van der Waals surface area (Å²) in [5.41, 5.74) is 1.24. The molecule has 0 saturated carbocycles. The first-order valence-electron chi connectivity index (χ1n) is 7.39. The van der Waals surface area contributed by atoms with Crippen LogP contribution in [-0.4, -0.2) is 32.1 Å². The Morgan fingerprint density at radius 1 is 1.17 bits per heavy atom. The quantitative estimate of drug-likeness (QED) is 0.844. The lowest BCUT2D eigenvalue weighted by Crippen LogP contribution is -2.28. The van der Waals surface area contributed by atoms with Crippen LogP contribution in [0.1, 0.15) is 18.6 Å². The molecule has 0 bridgehead atoms. The number of benzene rings is 2. The minimum absolute atomic E-state index is 0.0491. The number of ether oxygens (including phenoxy) is 1. The maximum Gasteiger partial charge on any atom is 0.492 e. The van der Waals surface area contributed by atoms with E-state index in [9.17, 15) is 13.4 Å². The van der Waals surface area contributed by atoms with Gasteiger partial charge in [-0.05, 0) is 35.3 Å². The Bertz CT molecular complexity index is 791. The molecule has 0 amide bonds. The van der Waals surface area contributed by atoms with Gasteiger partial charge in [0.1, 0.15) is 11.5 Å². The number of hydrogen-bond donors (Lipinski definition) is 1. The van der Waals surface area contributed by atoms with Gasteiger partial charge >= 0.3 is 7.12 Å². The van der Waals surface area contributed by atoms with Crippen molar-refractivity contribution >= 4 is 22.4 Å². The Morgan fingerprint density at radius 3 is 2.61 bits per heavy atom. The van der Waals surface area contributed by atoms with E-state index in [1.165, 1.54) is 0 Å². The van der Waals surface area contributed by atoms with Crippen molar-refractivity contribution in [3.05, 3.63) is 54.1 Å². The van der Waals surface area contributed by atoms with Gasteiger partial charge in [0.05, 0.1) is 11.9 Å². The summed E-state index contributed by atoms with van der Waals surface area (Å²) in [5.74, 6) is 1.17. The van der Waals surface area contributed by atoms with Crippen LogP contribution in [0.3, 0.4) is 0 Å². The van der Waals surface area contributed by atoms with Gasteiger partial charge in [0.15, 0.2) is 9.84 Å². The van der Waals surface area contributed by atoms with E-state index in [4.69, 9.17) is 9.39 Å². The van der Waals surface area contributed by atoms with Gasteiger partial charge in [-0.3, -0.25) is 0 Å². The van der Waals surface area contributed by atoms with Crippen molar-refractivity contribution < 1.29 is 22.8 Å². The fraction of sp³-hybridized carbons (Fsp3) is 0.250. The first-order chi connectivity index (χ1) is 11.0. The first-order valence-corrected chi connectivity index (χ1v) is 9.21. The van der Waals surface area contributed by atoms with Gasteiger partial charge in [-0.25, -0.2) is 8.42 Å². The molecule has 2 aromatic rings. The maximum atomic E-state index is 11.8. The van der Waals surface area contributed by atoms with E-state index in [2.05, 4.69) is 0 Å². The molecule has 2 aromatic carbocycles. The number of rotatable bonds is 5. The van der Waals surface area contributed by atoms with E-state index in [1.807, 2.05) is 30.3 Å². The van der Waals surface area contributed by atoms with Crippen molar-refractivity contribution in [2.24, 2.45) is 0 Å². The molecule has 23 heavy (non-hydrogen) atoms. The number of para-hydroxylation sites is 1. The minimum Gasteiger partial charge on any atom is -0.457 e. The lowest BCUT2D eigenvalue weighted by Gasteiger charge is -2.12. The highest BCUT2D eigenvalue weighted by Gasteiger charge is 2.37. The summed E-state index contributed by atoms with van der Waals surface area (Å²) in [6, 6.07) is 14.5. The molecule has 0 aromatic heterocycles. The molecular weight excluding hydrogens is 315 g/mol. The first kappa shape index (κ1) is 16.0. The van der Waals surface area contributed by atoms with Crippen molar-refractivity contribution in [3.63, 3.8) is 0 Å². The van der Waals surface area contributed by atoms with E-state index in [0.29, 0.717) is 22.5 Å². The molecule has 0 saturated heterocycles. The van der Waals surface area contributed by atoms with Gasteiger partial charge in [-0.15, -0.1) is 0 Å². The minimum atomic E-state index is -3.20. The third kappa shape index (κ3) is 3.58. The van der Waals surface area contributed by atoms with Crippen molar-refractivity contribution in [1.29, 1.82) is 0 Å². The van der Waals surface area contributed by atoms with E-state index < -0.39 is 23.1 Å². The monoisotopic (exact) mass is 332 g/mol. The molecule has 1 aliphatic heterocycles. The second-order valence-electron chi connectivity index (χ2n) is 5.38. The second kappa shape index (κ2) is 6.35. The molecule has 0 radical (unpaired) electrons. The SMILES string of the molecule is CCS(=O)(=O)CC1OB(O)c2cc(Oc3ccccc3)ccc21. The molecule has 1 aliphatic rings. The highest BCUT2D eigenvalue weighted by molar-refractivity contribution is 7.91. The molecule has 0 fully saturated rings. The van der Waals surface area contributed by atoms with Crippen molar-refractivity contribution in [3.8, 4) is 11.5 Å². The number of sulfone groups is 1. The van der Waals surface area contributed by atoms with Crippen molar-refractivity contribution in [1.82, 2.24) is 0 Å². The molecule has 0 aliphatic carbocycles. The fourth-order valence-electron chi connectivity index (χ4n) is 2.53. The highest BCUT2D eigenvalue weighted by atomic mass is 32.2. The lowest BCUT2D eigenvalue weighted by molar-refractivity contribution is 0.211. The molecule has 0 spiro atoms. The molecule has 1 heterocycles. The zero-order valence-corrected chi connectivity index (χ0v) is 13.5. The van der Waals surface area contributed by atoms with Gasteiger partial charge < -0.3 is 14.4 Å². The summed E-state index contributed by atoms with van der Waals surface area (Å²) in [5, 5.41) is 10.0. The molecule has 1 N–H and O–H groups in total. The largest absolute Gasteiger partial charge is 0.492 e. The van der Waals surface area contributed by atoms with Gasteiger partial charge in [0.2, 0.25) is 0 Å². The molecule has 1 atom stereocenters. The van der Waals surface area contributed by atoms with Crippen LogP contribution in [0.4, 0.5) is 0 Å². The van der Waals surface area contributed by atoms with Crippen LogP contribution in [0.5, 0.6) is 11.5 Å². The lowest BCUT2D eigenvalue weighted by atomic mass is 9.79. The maximum absolute atomic E-state index is 11.8. The summed E-state index contributed by atoms with van der Waals surface area (Å²) >= 11 is 0. The second-order valence-corrected chi connectivity index (χ2v) is 7.78. The van der Waals surface area contributed by atoms with Gasteiger partial charge in [-0.2, -0.15) is 0 Å². The smallest absolute Gasteiger partial charge is 0.457 e. The van der Waals surface area contributed by atoms with Crippen LogP contribution in [0.25, 0.3) is 0 Å². The average Bonchev–Trinajstić information content (AvgIpc) is 2.83. The predicted molar refractivity (Wildman–Crippen MR) is 88.7 cm³/mol. The molecule has 3 rings (SSSR count). The van der Waals surface area contributed by atoms with E-state index >= 15 is 0 Å². The number of hydrogen-bond acceptors (Lipinski definition) is 5. The van der Waals surface area contributed by atoms with E-state index in [1.54, 1.807) is 25.1 Å². The van der Waals surface area contributed by atoms with Crippen molar-refractivity contribution in [2.75, 3.05) is 11.5 Å². The van der Waals surface area contributed by atoms with Crippen LogP contribution >= 0.6 is 0 Å². The van der Waals surface area contributed by atoms with Crippen LogP contribution in [-0.2, 0) is 14.5 Å². The third-order valence-electron chi connectivity index (χ3n) is 3.79. The fourth-order valence-corrected chi connectivity index (χ4v) is 3.48. The Balaban J connectivity index is 1.84. The molecule has 5 nitrogen and oxygen atoms in total. The van der Waals surface area contributed by atoms with E-state index in [-0.39, 0.29) is 11.5 Å².